The van der Waals surface area contributed by atoms with Gasteiger partial charge in [-0.25, -0.2) is 4.68 Å². The van der Waals surface area contributed by atoms with Gasteiger partial charge in [-0.2, -0.15) is 0 Å². The van der Waals surface area contributed by atoms with Crippen LogP contribution in [0.2, 0.25) is 0 Å². The molecule has 2 aromatic heterocycles. The predicted molar refractivity (Wildman–Crippen MR) is 114 cm³/mol. The van der Waals surface area contributed by atoms with E-state index in [1.165, 1.54) is 16.8 Å². The number of allylic oxidation sites excluding steroid dienone is 1. The molecule has 0 saturated heterocycles. The van der Waals surface area contributed by atoms with Crippen molar-refractivity contribution in [3.8, 4) is 11.4 Å². The van der Waals surface area contributed by atoms with E-state index in [0.29, 0.717) is 5.82 Å². The van der Waals surface area contributed by atoms with Crippen molar-refractivity contribution in [1.29, 1.82) is 0 Å². The molecule has 1 aliphatic rings. The number of nitrogens with zero attached hydrogens (tertiary/aromatic N) is 2. The van der Waals surface area contributed by atoms with Crippen molar-refractivity contribution in [2.75, 3.05) is 12.8 Å². The van der Waals surface area contributed by atoms with Gasteiger partial charge in [-0.3, -0.25) is 0 Å². The molecule has 0 amide bonds. The summed E-state index contributed by atoms with van der Waals surface area (Å²) in [7, 11) is 1.69. The van der Waals surface area contributed by atoms with Crippen molar-refractivity contribution < 1.29 is 4.74 Å². The van der Waals surface area contributed by atoms with Gasteiger partial charge in [0.15, 0.2) is 5.82 Å². The Labute approximate surface area is 163 Å². The van der Waals surface area contributed by atoms with E-state index in [0.717, 1.165) is 47.3 Å². The number of fused-ring (bicyclic) bond motifs is 3. The Morgan fingerprint density at radius 3 is 2.61 bits per heavy atom. The second kappa shape index (κ2) is 6.60. The molecule has 2 heterocycles. The summed E-state index contributed by atoms with van der Waals surface area (Å²) in [5, 5.41) is 5.64. The lowest BCUT2D eigenvalue weighted by Crippen LogP contribution is -2.02. The average Bonchev–Trinajstić information content (AvgIpc) is 3.27. The lowest BCUT2D eigenvalue weighted by molar-refractivity contribution is 0.415. The molecule has 0 aliphatic heterocycles. The van der Waals surface area contributed by atoms with Gasteiger partial charge in [0.05, 0.1) is 18.2 Å². The first kappa shape index (κ1) is 16.7. The molecule has 5 nitrogen and oxygen atoms in total. The van der Waals surface area contributed by atoms with E-state index in [2.05, 4.69) is 28.3 Å². The number of nitrogens with one attached hydrogen (secondary N) is 1. The first-order chi connectivity index (χ1) is 13.7. The van der Waals surface area contributed by atoms with Crippen molar-refractivity contribution in [1.82, 2.24) is 14.8 Å². The summed E-state index contributed by atoms with van der Waals surface area (Å²) in [5.74, 6) is 1.43. The Bertz CT molecular complexity index is 1170. The maximum atomic E-state index is 6.38. The Kier molecular flexibility index (Phi) is 3.93. The molecule has 0 saturated carbocycles. The number of hydrogen-bond donors (Lipinski definition) is 2. The van der Waals surface area contributed by atoms with E-state index in [1.807, 2.05) is 47.1 Å². The maximum absolute atomic E-state index is 6.38. The molecule has 1 aliphatic carbocycles. The van der Waals surface area contributed by atoms with Crippen molar-refractivity contribution in [3.05, 3.63) is 71.4 Å². The van der Waals surface area contributed by atoms with Crippen LogP contribution in [0.15, 0.2) is 54.6 Å². The van der Waals surface area contributed by atoms with Crippen LogP contribution in [0.3, 0.4) is 0 Å². The number of anilines is 1. The standard InChI is InChI=1S/C23H22N4O/c1-28-18-12-10-15(11-13-18)14-16-6-5-9-19-20(16)21-22(24)26-27(23(21)25-19)17-7-3-2-4-8-17/h2-4,7-8,10-14,25H,5-6,9H2,1H3,(H2,24,26)/b16-14+. The Hall–Kier alpha value is -3.47. The van der Waals surface area contributed by atoms with Crippen molar-refractivity contribution in [3.63, 3.8) is 0 Å². The fraction of sp³-hybridized carbons (Fsp3) is 0.174. The summed E-state index contributed by atoms with van der Waals surface area (Å²) < 4.78 is 7.18. The summed E-state index contributed by atoms with van der Waals surface area (Å²) in [6, 6.07) is 18.3. The minimum absolute atomic E-state index is 0.568. The maximum Gasteiger partial charge on any atom is 0.156 e. The van der Waals surface area contributed by atoms with Crippen LogP contribution >= 0.6 is 0 Å². The van der Waals surface area contributed by atoms with Gasteiger partial charge in [0, 0.05) is 11.3 Å². The molecule has 0 spiro atoms. The third kappa shape index (κ3) is 2.67. The molecule has 5 heteroatoms. The summed E-state index contributed by atoms with van der Waals surface area (Å²) in [5.41, 5.74) is 13.3. The molecule has 2 aromatic carbocycles. The van der Waals surface area contributed by atoms with E-state index in [1.54, 1.807) is 7.11 Å². The summed E-state index contributed by atoms with van der Waals surface area (Å²) in [6.45, 7) is 0. The first-order valence-electron chi connectivity index (χ1n) is 9.54. The Balaban J connectivity index is 1.66. The van der Waals surface area contributed by atoms with Gasteiger partial charge in [-0.1, -0.05) is 36.4 Å². The highest BCUT2D eigenvalue weighted by Gasteiger charge is 2.25. The van der Waals surface area contributed by atoms with Crippen LogP contribution < -0.4 is 10.5 Å². The summed E-state index contributed by atoms with van der Waals surface area (Å²) >= 11 is 0. The van der Waals surface area contributed by atoms with Crippen molar-refractivity contribution >= 4 is 28.5 Å². The number of ether oxygens (including phenoxy) is 1. The van der Waals surface area contributed by atoms with Gasteiger partial charge in [0.2, 0.25) is 0 Å². The van der Waals surface area contributed by atoms with E-state index in [9.17, 15) is 0 Å². The van der Waals surface area contributed by atoms with Gasteiger partial charge < -0.3 is 15.5 Å². The number of nitrogens with two attached hydrogens (primary N) is 1. The normalized spacial score (nSPS) is 15.1. The molecule has 4 aromatic rings. The van der Waals surface area contributed by atoms with E-state index < -0.39 is 0 Å². The monoisotopic (exact) mass is 370 g/mol. The fourth-order valence-corrected chi connectivity index (χ4v) is 4.08. The number of H-pyrrole nitrogens is 1. The molecule has 0 fully saturated rings. The Morgan fingerprint density at radius 1 is 1.07 bits per heavy atom. The zero-order chi connectivity index (χ0) is 19.1. The zero-order valence-electron chi connectivity index (χ0n) is 15.8. The van der Waals surface area contributed by atoms with E-state index in [-0.39, 0.29) is 0 Å². The van der Waals surface area contributed by atoms with Gasteiger partial charge in [-0.15, -0.1) is 5.10 Å². The average molecular weight is 370 g/mol. The smallest absolute Gasteiger partial charge is 0.156 e. The SMILES string of the molecule is COc1ccc(/C=C2\CCCc3[nH]c4c(c(N)nn4-c4ccccc4)c32)cc1. The highest BCUT2D eigenvalue weighted by atomic mass is 16.5. The van der Waals surface area contributed by atoms with Crippen molar-refractivity contribution in [2.24, 2.45) is 0 Å². The third-order valence-electron chi connectivity index (χ3n) is 5.39. The fourth-order valence-electron chi connectivity index (χ4n) is 4.08. The van der Waals surface area contributed by atoms with Crippen LogP contribution in [0.4, 0.5) is 5.82 Å². The molecule has 0 bridgehead atoms. The quantitative estimate of drug-likeness (QED) is 0.543. The number of aryl methyl sites for hydroxylation is 1. The van der Waals surface area contributed by atoms with Gasteiger partial charge in [0.1, 0.15) is 11.4 Å². The third-order valence-corrected chi connectivity index (χ3v) is 5.39. The number of benzene rings is 2. The topological polar surface area (TPSA) is 68.9 Å². The molecule has 0 atom stereocenters. The number of para-hydroxylation sites is 1. The van der Waals surface area contributed by atoms with Crippen LogP contribution in [0.1, 0.15) is 29.7 Å². The zero-order valence-corrected chi connectivity index (χ0v) is 15.8. The van der Waals surface area contributed by atoms with Crippen LogP contribution in [-0.2, 0) is 6.42 Å². The van der Waals surface area contributed by atoms with E-state index >= 15 is 0 Å². The highest BCUT2D eigenvalue weighted by Crippen LogP contribution is 2.40. The number of methoxy groups -OCH3 is 1. The van der Waals surface area contributed by atoms with Crippen LogP contribution in [0.5, 0.6) is 5.75 Å². The van der Waals surface area contributed by atoms with Gasteiger partial charge in [-0.05, 0) is 54.7 Å². The number of hydrogen-bond acceptors (Lipinski definition) is 3. The lowest BCUT2D eigenvalue weighted by atomic mass is 9.89. The van der Waals surface area contributed by atoms with Crippen LogP contribution in [-0.4, -0.2) is 21.9 Å². The number of rotatable bonds is 3. The van der Waals surface area contributed by atoms with E-state index in [4.69, 9.17) is 10.5 Å². The molecule has 3 N–H and O–H groups in total. The molecular weight excluding hydrogens is 348 g/mol. The molecule has 0 radical (unpaired) electrons. The first-order valence-corrected chi connectivity index (χ1v) is 9.54. The lowest BCUT2D eigenvalue weighted by Gasteiger charge is -2.16. The number of nitrogen functional groups attached to an aromatic ring is 1. The molecule has 0 unspecified atom stereocenters. The number of aromatic nitrogens is 3. The predicted octanol–water partition coefficient (Wildman–Crippen LogP) is 4.82. The van der Waals surface area contributed by atoms with Crippen molar-refractivity contribution in [2.45, 2.75) is 19.3 Å². The summed E-state index contributed by atoms with van der Waals surface area (Å²) in [4.78, 5) is 3.60. The van der Waals surface area contributed by atoms with Crippen LogP contribution in [0.25, 0.3) is 28.4 Å². The Morgan fingerprint density at radius 2 is 1.86 bits per heavy atom. The minimum Gasteiger partial charge on any atom is -0.497 e. The van der Waals surface area contributed by atoms with Gasteiger partial charge in [0.25, 0.3) is 0 Å². The highest BCUT2D eigenvalue weighted by molar-refractivity contribution is 6.03. The number of aromatic amines is 1. The molecular formula is C23H22N4O. The second-order valence-electron chi connectivity index (χ2n) is 7.13. The molecule has 5 rings (SSSR count). The van der Waals surface area contributed by atoms with Crippen LogP contribution in [0, 0.1) is 0 Å². The molecule has 140 valence electrons. The largest absolute Gasteiger partial charge is 0.497 e. The second-order valence-corrected chi connectivity index (χ2v) is 7.13. The summed E-state index contributed by atoms with van der Waals surface area (Å²) in [6.07, 6.45) is 5.43. The minimum atomic E-state index is 0.568. The van der Waals surface area contributed by atoms with Gasteiger partial charge >= 0.3 is 0 Å². The molecule has 28 heavy (non-hydrogen) atoms.